The van der Waals surface area contributed by atoms with Gasteiger partial charge < -0.3 is 9.88 Å². The summed E-state index contributed by atoms with van der Waals surface area (Å²) in [5.41, 5.74) is 3.89. The van der Waals surface area contributed by atoms with Gasteiger partial charge in [-0.25, -0.2) is 9.07 Å². The van der Waals surface area contributed by atoms with Gasteiger partial charge in [-0.1, -0.05) is 0 Å². The van der Waals surface area contributed by atoms with E-state index >= 15 is 0 Å². The Morgan fingerprint density at radius 2 is 1.81 bits per heavy atom. The molecule has 7 nitrogen and oxygen atoms in total. The van der Waals surface area contributed by atoms with Crippen LogP contribution in [0.5, 0.6) is 0 Å². The lowest BCUT2D eigenvalue weighted by molar-refractivity contribution is 0.102. The third-order valence-corrected chi connectivity index (χ3v) is 6.52. The molecule has 0 aliphatic heterocycles. The van der Waals surface area contributed by atoms with Gasteiger partial charge in [0.05, 0.1) is 5.69 Å². The summed E-state index contributed by atoms with van der Waals surface area (Å²) < 4.78 is 17.0. The van der Waals surface area contributed by atoms with Gasteiger partial charge in [-0.3, -0.25) is 4.79 Å². The Bertz CT molecular complexity index is 1260. The van der Waals surface area contributed by atoms with E-state index < -0.39 is 0 Å². The molecule has 1 amide bonds. The smallest absolute Gasteiger partial charge is 0.276 e. The van der Waals surface area contributed by atoms with Crippen molar-refractivity contribution in [2.24, 2.45) is 7.05 Å². The molecular weight excluding hydrogens is 427 g/mol. The number of aryl methyl sites for hydroxylation is 1. The van der Waals surface area contributed by atoms with E-state index in [4.69, 9.17) is 0 Å². The number of nitrogens with zero attached hydrogens (tertiary/aromatic N) is 5. The monoisotopic (exact) mass is 448 g/mol. The number of hydrogen-bond acceptors (Lipinski definition) is 5. The molecule has 4 aromatic rings. The van der Waals surface area contributed by atoms with E-state index in [2.05, 4.69) is 20.6 Å². The lowest BCUT2D eigenvalue weighted by atomic mass is 9.95. The number of anilines is 1. The molecule has 0 atom stereocenters. The van der Waals surface area contributed by atoms with Crippen LogP contribution >= 0.6 is 11.8 Å². The molecule has 1 aliphatic rings. The van der Waals surface area contributed by atoms with Gasteiger partial charge in [0.25, 0.3) is 5.91 Å². The largest absolute Gasteiger partial charge is 0.321 e. The molecule has 0 unspecified atom stereocenters. The Balaban J connectivity index is 1.37. The van der Waals surface area contributed by atoms with Crippen molar-refractivity contribution in [3.8, 4) is 5.69 Å². The number of amides is 1. The molecule has 32 heavy (non-hydrogen) atoms. The maximum absolute atomic E-state index is 13.4. The molecule has 2 heterocycles. The Morgan fingerprint density at radius 1 is 1.06 bits per heavy atom. The zero-order valence-corrected chi connectivity index (χ0v) is 18.3. The van der Waals surface area contributed by atoms with Crippen LogP contribution in [0, 0.1) is 5.82 Å². The topological polar surface area (TPSA) is 77.6 Å². The van der Waals surface area contributed by atoms with Crippen LogP contribution in [0.15, 0.2) is 64.9 Å². The molecule has 1 aliphatic carbocycles. The quantitative estimate of drug-likeness (QED) is 0.489. The van der Waals surface area contributed by atoms with E-state index in [1.165, 1.54) is 23.9 Å². The minimum atomic E-state index is -0.298. The van der Waals surface area contributed by atoms with Crippen molar-refractivity contribution in [3.05, 3.63) is 77.6 Å². The zero-order valence-electron chi connectivity index (χ0n) is 17.5. The van der Waals surface area contributed by atoms with Gasteiger partial charge in [0.15, 0.2) is 10.9 Å². The minimum absolute atomic E-state index is 0.238. The highest BCUT2D eigenvalue weighted by Crippen LogP contribution is 2.29. The SMILES string of the molecule is Cn1cnnc1Sc1ccc(NC(=O)c2nn(-c3ccc(F)cc3)c3c2CCCC3)cc1. The first-order valence-electron chi connectivity index (χ1n) is 10.4. The van der Waals surface area contributed by atoms with Gasteiger partial charge in [0.1, 0.15) is 12.1 Å². The van der Waals surface area contributed by atoms with E-state index in [0.29, 0.717) is 11.4 Å². The molecule has 1 N–H and O–H groups in total. The van der Waals surface area contributed by atoms with E-state index in [-0.39, 0.29) is 11.7 Å². The fourth-order valence-electron chi connectivity index (χ4n) is 3.84. The zero-order chi connectivity index (χ0) is 22.1. The first-order valence-corrected chi connectivity index (χ1v) is 11.2. The minimum Gasteiger partial charge on any atom is -0.321 e. The summed E-state index contributed by atoms with van der Waals surface area (Å²) in [7, 11) is 1.89. The van der Waals surface area contributed by atoms with E-state index in [0.717, 1.165) is 52.7 Å². The van der Waals surface area contributed by atoms with Gasteiger partial charge >= 0.3 is 0 Å². The summed E-state index contributed by atoms with van der Waals surface area (Å²) in [6, 6.07) is 13.8. The van der Waals surface area contributed by atoms with Crippen LogP contribution in [0.3, 0.4) is 0 Å². The number of hydrogen-bond donors (Lipinski definition) is 1. The molecule has 0 bridgehead atoms. The Hall–Kier alpha value is -3.46. The highest BCUT2D eigenvalue weighted by Gasteiger charge is 2.25. The summed E-state index contributed by atoms with van der Waals surface area (Å²) in [6.07, 6.45) is 5.39. The number of nitrogens with one attached hydrogen (secondary N) is 1. The van der Waals surface area contributed by atoms with Crippen LogP contribution in [0.1, 0.15) is 34.6 Å². The molecule has 2 aromatic carbocycles. The Morgan fingerprint density at radius 3 is 2.53 bits per heavy atom. The van der Waals surface area contributed by atoms with E-state index in [1.807, 2.05) is 35.9 Å². The molecular formula is C23H21FN6OS. The summed E-state index contributed by atoms with van der Waals surface area (Å²) in [4.78, 5) is 14.1. The lowest BCUT2D eigenvalue weighted by Gasteiger charge is -2.14. The van der Waals surface area contributed by atoms with Crippen LogP contribution in [0.4, 0.5) is 10.1 Å². The first kappa shape index (κ1) is 20.4. The first-order chi connectivity index (χ1) is 15.6. The molecule has 9 heteroatoms. The molecule has 0 spiro atoms. The second kappa shape index (κ2) is 8.58. The lowest BCUT2D eigenvalue weighted by Crippen LogP contribution is -2.15. The van der Waals surface area contributed by atoms with Gasteiger partial charge in [-0.05, 0) is 86.0 Å². The summed E-state index contributed by atoms with van der Waals surface area (Å²) >= 11 is 1.50. The predicted molar refractivity (Wildman–Crippen MR) is 120 cm³/mol. The van der Waals surface area contributed by atoms with Crippen molar-refractivity contribution in [2.75, 3.05) is 5.32 Å². The van der Waals surface area contributed by atoms with Crippen molar-refractivity contribution < 1.29 is 9.18 Å². The van der Waals surface area contributed by atoms with Crippen molar-refractivity contribution >= 4 is 23.4 Å². The number of rotatable bonds is 5. The molecule has 0 radical (unpaired) electrons. The average Bonchev–Trinajstić information content (AvgIpc) is 3.39. The number of carbonyl (C=O) groups is 1. The molecule has 0 saturated heterocycles. The summed E-state index contributed by atoms with van der Waals surface area (Å²) in [5, 5.41) is 16.3. The van der Waals surface area contributed by atoms with Crippen molar-refractivity contribution in [1.29, 1.82) is 0 Å². The molecule has 162 valence electrons. The van der Waals surface area contributed by atoms with E-state index in [9.17, 15) is 9.18 Å². The molecule has 2 aromatic heterocycles. The van der Waals surface area contributed by atoms with Crippen LogP contribution in [-0.4, -0.2) is 30.5 Å². The molecule has 0 fully saturated rings. The number of aromatic nitrogens is 5. The van der Waals surface area contributed by atoms with Crippen LogP contribution < -0.4 is 5.32 Å². The second-order valence-corrected chi connectivity index (χ2v) is 8.71. The second-order valence-electron chi connectivity index (χ2n) is 7.67. The number of halogens is 1. The number of benzene rings is 2. The number of carbonyl (C=O) groups excluding carboxylic acids is 1. The van der Waals surface area contributed by atoms with Gasteiger partial charge in [-0.2, -0.15) is 5.10 Å². The van der Waals surface area contributed by atoms with Crippen molar-refractivity contribution in [2.45, 2.75) is 35.7 Å². The van der Waals surface area contributed by atoms with Crippen LogP contribution in [-0.2, 0) is 19.9 Å². The fraction of sp³-hybridized carbons (Fsp3) is 0.217. The maximum atomic E-state index is 13.4. The highest BCUT2D eigenvalue weighted by atomic mass is 32.2. The van der Waals surface area contributed by atoms with Crippen LogP contribution in [0.2, 0.25) is 0 Å². The fourth-order valence-corrected chi connectivity index (χ4v) is 4.61. The van der Waals surface area contributed by atoms with Crippen LogP contribution in [0.25, 0.3) is 5.69 Å². The highest BCUT2D eigenvalue weighted by molar-refractivity contribution is 7.99. The van der Waals surface area contributed by atoms with Gasteiger partial charge in [0.2, 0.25) is 0 Å². The van der Waals surface area contributed by atoms with Crippen molar-refractivity contribution in [1.82, 2.24) is 24.5 Å². The van der Waals surface area contributed by atoms with E-state index in [1.54, 1.807) is 23.1 Å². The Labute approximate surface area is 188 Å². The average molecular weight is 449 g/mol. The van der Waals surface area contributed by atoms with Gasteiger partial charge in [-0.15, -0.1) is 10.2 Å². The summed E-state index contributed by atoms with van der Waals surface area (Å²) in [6.45, 7) is 0. The third-order valence-electron chi connectivity index (χ3n) is 5.46. The Kier molecular flexibility index (Phi) is 5.48. The van der Waals surface area contributed by atoms with Crippen molar-refractivity contribution in [3.63, 3.8) is 0 Å². The normalized spacial score (nSPS) is 13.1. The standard InChI is InChI=1S/C23H21FN6OS/c1-29-14-25-27-23(29)32-18-12-8-16(9-13-18)26-22(31)21-19-4-2-3-5-20(19)30(28-21)17-10-6-15(24)7-11-17/h6-14H,2-5H2,1H3,(H,26,31). The number of fused-ring (bicyclic) bond motifs is 1. The van der Waals surface area contributed by atoms with Gasteiger partial charge in [0, 0.05) is 28.9 Å². The maximum Gasteiger partial charge on any atom is 0.276 e. The molecule has 0 saturated carbocycles. The molecule has 5 rings (SSSR count). The third kappa shape index (κ3) is 4.03. The summed E-state index contributed by atoms with van der Waals surface area (Å²) in [5.74, 6) is -0.536. The predicted octanol–water partition coefficient (Wildman–Crippen LogP) is 4.42.